The van der Waals surface area contributed by atoms with Crippen molar-refractivity contribution in [2.24, 2.45) is 11.7 Å². The van der Waals surface area contributed by atoms with Crippen molar-refractivity contribution in [3.05, 3.63) is 29.3 Å². The second-order valence-electron chi connectivity index (χ2n) is 4.57. The van der Waals surface area contributed by atoms with E-state index in [2.05, 4.69) is 13.8 Å². The Morgan fingerprint density at radius 1 is 1.47 bits per heavy atom. The first-order chi connectivity index (χ1) is 8.04. The summed E-state index contributed by atoms with van der Waals surface area (Å²) in [5, 5.41) is 0. The van der Waals surface area contributed by atoms with Crippen LogP contribution in [0.3, 0.4) is 0 Å². The molecule has 0 aromatic heterocycles. The molecule has 1 unspecified atom stereocenters. The van der Waals surface area contributed by atoms with E-state index in [-0.39, 0.29) is 0 Å². The molecule has 0 bridgehead atoms. The molecule has 1 rings (SSSR count). The van der Waals surface area contributed by atoms with Crippen LogP contribution in [0.2, 0.25) is 0 Å². The fourth-order valence-corrected chi connectivity index (χ4v) is 1.93. The van der Waals surface area contributed by atoms with Crippen molar-refractivity contribution in [2.45, 2.75) is 33.6 Å². The Hall–Kier alpha value is -1.09. The van der Waals surface area contributed by atoms with Crippen molar-refractivity contribution < 1.29 is 4.74 Å². The first-order valence-corrected chi connectivity index (χ1v) is 6.48. The molecule has 2 N–H and O–H groups in total. The summed E-state index contributed by atoms with van der Waals surface area (Å²) in [6.07, 6.45) is 2.36. The molecule has 0 aliphatic rings. The number of ether oxygens (including phenoxy) is 1. The normalized spacial score (nSPS) is 12.2. The summed E-state index contributed by atoms with van der Waals surface area (Å²) < 4.78 is 5.83. The molecule has 94 valence electrons. The van der Waals surface area contributed by atoms with E-state index in [9.17, 15) is 0 Å². The molecule has 1 aromatic carbocycles. The van der Waals surface area contributed by atoms with Gasteiger partial charge in [0, 0.05) is 0 Å². The number of aryl methyl sites for hydroxylation is 1. The van der Waals surface area contributed by atoms with Crippen LogP contribution in [-0.2, 0) is 0 Å². The first kappa shape index (κ1) is 14.0. The Kier molecular flexibility index (Phi) is 5.42. The maximum atomic E-state index is 5.83. The Labute approximate surface area is 109 Å². The molecular weight excluding hydrogens is 230 g/mol. The SMILES string of the molecule is CCCC(C)COc1cc(C)ccc1C(N)=S. The molecule has 0 radical (unpaired) electrons. The van der Waals surface area contributed by atoms with Gasteiger partial charge >= 0.3 is 0 Å². The molecule has 2 nitrogen and oxygen atoms in total. The van der Waals surface area contributed by atoms with Gasteiger partial charge in [0.1, 0.15) is 10.7 Å². The zero-order chi connectivity index (χ0) is 12.8. The summed E-state index contributed by atoms with van der Waals surface area (Å²) in [6.45, 7) is 7.13. The van der Waals surface area contributed by atoms with E-state index >= 15 is 0 Å². The standard InChI is InChI=1S/C14H21NOS/c1-4-5-11(3)9-16-13-8-10(2)6-7-12(13)14(15)17/h6-8,11H,4-5,9H2,1-3H3,(H2,15,17). The van der Waals surface area contributed by atoms with E-state index in [0.29, 0.717) is 17.5 Å². The zero-order valence-electron chi connectivity index (χ0n) is 10.8. The molecule has 1 aromatic rings. The largest absolute Gasteiger partial charge is 0.493 e. The van der Waals surface area contributed by atoms with Crippen LogP contribution in [0.1, 0.15) is 37.8 Å². The highest BCUT2D eigenvalue weighted by molar-refractivity contribution is 7.80. The topological polar surface area (TPSA) is 35.2 Å². The monoisotopic (exact) mass is 251 g/mol. The lowest BCUT2D eigenvalue weighted by Crippen LogP contribution is -2.14. The smallest absolute Gasteiger partial charge is 0.129 e. The van der Waals surface area contributed by atoms with Gasteiger partial charge in [-0.05, 0) is 37.0 Å². The predicted octanol–water partition coefficient (Wildman–Crippen LogP) is 3.44. The number of thiocarbonyl (C=S) groups is 1. The van der Waals surface area contributed by atoms with Gasteiger partial charge in [-0.3, -0.25) is 0 Å². The van der Waals surface area contributed by atoms with Gasteiger partial charge in [-0.25, -0.2) is 0 Å². The number of hydrogen-bond acceptors (Lipinski definition) is 2. The minimum absolute atomic E-state index is 0.392. The highest BCUT2D eigenvalue weighted by atomic mass is 32.1. The minimum Gasteiger partial charge on any atom is -0.493 e. The van der Waals surface area contributed by atoms with Gasteiger partial charge in [0.15, 0.2) is 0 Å². The Bertz CT molecular complexity index is 390. The van der Waals surface area contributed by atoms with Crippen molar-refractivity contribution in [1.29, 1.82) is 0 Å². The lowest BCUT2D eigenvalue weighted by Gasteiger charge is -2.15. The van der Waals surface area contributed by atoms with E-state index in [1.807, 2.05) is 25.1 Å². The van der Waals surface area contributed by atoms with Crippen LogP contribution >= 0.6 is 12.2 Å². The van der Waals surface area contributed by atoms with E-state index in [4.69, 9.17) is 22.7 Å². The average molecular weight is 251 g/mol. The van der Waals surface area contributed by atoms with Crippen molar-refractivity contribution in [1.82, 2.24) is 0 Å². The molecule has 3 heteroatoms. The second kappa shape index (κ2) is 6.60. The average Bonchev–Trinajstić information content (AvgIpc) is 2.26. The number of nitrogens with two attached hydrogens (primary N) is 1. The summed E-state index contributed by atoms with van der Waals surface area (Å²) in [5.74, 6) is 1.36. The number of benzene rings is 1. The lowest BCUT2D eigenvalue weighted by atomic mass is 10.1. The Morgan fingerprint density at radius 2 is 2.18 bits per heavy atom. The van der Waals surface area contributed by atoms with Crippen LogP contribution in [0.15, 0.2) is 18.2 Å². The van der Waals surface area contributed by atoms with Gasteiger partial charge in [-0.15, -0.1) is 0 Å². The van der Waals surface area contributed by atoms with Gasteiger partial charge < -0.3 is 10.5 Å². The molecule has 0 aliphatic heterocycles. The third-order valence-electron chi connectivity index (χ3n) is 2.71. The molecule has 1 atom stereocenters. The van der Waals surface area contributed by atoms with Gasteiger partial charge in [0.2, 0.25) is 0 Å². The maximum Gasteiger partial charge on any atom is 0.129 e. The van der Waals surface area contributed by atoms with Gasteiger partial charge in [-0.2, -0.15) is 0 Å². The lowest BCUT2D eigenvalue weighted by molar-refractivity contribution is 0.251. The molecule has 0 saturated heterocycles. The molecular formula is C14H21NOS. The molecule has 0 heterocycles. The molecule has 17 heavy (non-hydrogen) atoms. The Morgan fingerprint density at radius 3 is 2.76 bits per heavy atom. The van der Waals surface area contributed by atoms with Gasteiger partial charge in [0.25, 0.3) is 0 Å². The van der Waals surface area contributed by atoms with Crippen LogP contribution in [0.4, 0.5) is 0 Å². The van der Waals surface area contributed by atoms with E-state index in [1.165, 1.54) is 12.8 Å². The third kappa shape index (κ3) is 4.35. The quantitative estimate of drug-likeness (QED) is 0.787. The van der Waals surface area contributed by atoms with Crippen molar-refractivity contribution in [3.63, 3.8) is 0 Å². The summed E-state index contributed by atoms with van der Waals surface area (Å²) >= 11 is 5.02. The summed E-state index contributed by atoms with van der Waals surface area (Å²) in [7, 11) is 0. The molecule has 0 amide bonds. The fourth-order valence-electron chi connectivity index (χ4n) is 1.76. The van der Waals surface area contributed by atoms with E-state index in [1.54, 1.807) is 0 Å². The predicted molar refractivity (Wildman–Crippen MR) is 76.6 cm³/mol. The summed E-state index contributed by atoms with van der Waals surface area (Å²) in [5.41, 5.74) is 7.66. The number of hydrogen-bond donors (Lipinski definition) is 1. The van der Waals surface area contributed by atoms with Crippen LogP contribution in [0, 0.1) is 12.8 Å². The van der Waals surface area contributed by atoms with Crippen molar-refractivity contribution in [3.8, 4) is 5.75 Å². The highest BCUT2D eigenvalue weighted by Gasteiger charge is 2.08. The van der Waals surface area contributed by atoms with E-state index in [0.717, 1.165) is 16.9 Å². The summed E-state index contributed by atoms with van der Waals surface area (Å²) in [4.78, 5) is 0.392. The molecule has 0 fully saturated rings. The maximum absolute atomic E-state index is 5.83. The van der Waals surface area contributed by atoms with Crippen LogP contribution in [0.5, 0.6) is 5.75 Å². The van der Waals surface area contributed by atoms with Gasteiger partial charge in [0.05, 0.1) is 12.2 Å². The van der Waals surface area contributed by atoms with Crippen LogP contribution in [0.25, 0.3) is 0 Å². The molecule has 0 saturated carbocycles. The molecule has 0 aliphatic carbocycles. The van der Waals surface area contributed by atoms with Crippen LogP contribution in [-0.4, -0.2) is 11.6 Å². The first-order valence-electron chi connectivity index (χ1n) is 6.07. The Balaban J connectivity index is 2.75. The van der Waals surface area contributed by atoms with Crippen LogP contribution < -0.4 is 10.5 Å². The number of rotatable bonds is 6. The highest BCUT2D eigenvalue weighted by Crippen LogP contribution is 2.21. The zero-order valence-corrected chi connectivity index (χ0v) is 11.6. The third-order valence-corrected chi connectivity index (χ3v) is 2.93. The van der Waals surface area contributed by atoms with Crippen molar-refractivity contribution in [2.75, 3.05) is 6.61 Å². The summed E-state index contributed by atoms with van der Waals surface area (Å²) in [6, 6.07) is 5.92. The van der Waals surface area contributed by atoms with Gasteiger partial charge in [-0.1, -0.05) is 38.6 Å². The molecule has 0 spiro atoms. The fraction of sp³-hybridized carbons (Fsp3) is 0.500. The van der Waals surface area contributed by atoms with E-state index < -0.39 is 0 Å². The van der Waals surface area contributed by atoms with Crippen molar-refractivity contribution >= 4 is 17.2 Å². The second-order valence-corrected chi connectivity index (χ2v) is 5.01. The minimum atomic E-state index is 0.392.